The molecule has 2 N–H and O–H groups in total. The molecule has 0 atom stereocenters. The van der Waals surface area contributed by atoms with Crippen LogP contribution in [0.3, 0.4) is 0 Å². The molecule has 1 aromatic carbocycles. The van der Waals surface area contributed by atoms with Crippen molar-refractivity contribution in [1.82, 2.24) is 4.98 Å². The summed E-state index contributed by atoms with van der Waals surface area (Å²) in [5.74, 6) is -0.986. The summed E-state index contributed by atoms with van der Waals surface area (Å²) in [7, 11) is 1.15. The number of phenols is 1. The number of nitrogens with zero attached hydrogens (tertiary/aromatic N) is 2. The maximum atomic E-state index is 12.6. The number of nitro groups is 1. The van der Waals surface area contributed by atoms with E-state index in [0.29, 0.717) is 6.07 Å². The van der Waals surface area contributed by atoms with Crippen molar-refractivity contribution in [3.8, 4) is 17.6 Å². The normalized spacial score (nSPS) is 11.7. The van der Waals surface area contributed by atoms with Gasteiger partial charge in [0.15, 0.2) is 5.75 Å². The number of nitro benzene ring substituents is 1. The molecule has 0 fully saturated rings. The Kier molecular flexibility index (Phi) is 5.21. The Labute approximate surface area is 148 Å². The van der Waals surface area contributed by atoms with E-state index >= 15 is 0 Å². The molecular formula is C16H10F3N3O5. The van der Waals surface area contributed by atoms with Crippen LogP contribution in [0.2, 0.25) is 0 Å². The number of nitrogens with one attached hydrogen (secondary N) is 1. The average Bonchev–Trinajstić information content (AvgIpc) is 2.59. The molecule has 0 bridgehead atoms. The molecule has 2 aromatic rings. The zero-order valence-corrected chi connectivity index (χ0v) is 13.5. The number of aromatic nitrogens is 1. The second-order valence-electron chi connectivity index (χ2n) is 5.13. The number of halogens is 3. The summed E-state index contributed by atoms with van der Waals surface area (Å²) in [5, 5.41) is 30.0. The summed E-state index contributed by atoms with van der Waals surface area (Å²) in [6.07, 6.45) is -3.72. The van der Waals surface area contributed by atoms with Crippen molar-refractivity contribution in [3.05, 3.63) is 61.6 Å². The van der Waals surface area contributed by atoms with Gasteiger partial charge in [0, 0.05) is 6.07 Å². The molecule has 0 amide bonds. The second-order valence-corrected chi connectivity index (χ2v) is 5.13. The number of aromatic amines is 1. The highest BCUT2D eigenvalue weighted by atomic mass is 19.4. The summed E-state index contributed by atoms with van der Waals surface area (Å²) in [4.78, 5) is 23.7. The third-order valence-electron chi connectivity index (χ3n) is 3.43. The molecule has 0 unspecified atom stereocenters. The number of ether oxygens (including phenoxy) is 1. The molecule has 0 saturated carbocycles. The lowest BCUT2D eigenvalue weighted by atomic mass is 10.0. The summed E-state index contributed by atoms with van der Waals surface area (Å²) < 4.78 is 42.7. The van der Waals surface area contributed by atoms with Crippen LogP contribution in [0.4, 0.5) is 18.9 Å². The van der Waals surface area contributed by atoms with Crippen LogP contribution >= 0.6 is 0 Å². The van der Waals surface area contributed by atoms with Gasteiger partial charge in [-0.25, -0.2) is 0 Å². The minimum absolute atomic E-state index is 0.0206. The maximum Gasteiger partial charge on any atom is 0.431 e. The first-order valence-electron chi connectivity index (χ1n) is 7.06. The number of hydrogen-bond acceptors (Lipinski definition) is 6. The fourth-order valence-corrected chi connectivity index (χ4v) is 2.18. The number of alkyl halides is 3. The van der Waals surface area contributed by atoms with Crippen LogP contribution in [-0.4, -0.2) is 22.1 Å². The Morgan fingerprint density at radius 3 is 2.56 bits per heavy atom. The number of pyridine rings is 1. The number of phenolic OH excluding ortho intramolecular Hbond substituents is 1. The fourth-order valence-electron chi connectivity index (χ4n) is 2.18. The van der Waals surface area contributed by atoms with Crippen molar-refractivity contribution in [2.75, 3.05) is 7.11 Å². The molecule has 0 radical (unpaired) electrons. The van der Waals surface area contributed by atoms with E-state index in [1.165, 1.54) is 0 Å². The molecule has 2 rings (SSSR count). The third kappa shape index (κ3) is 4.06. The lowest BCUT2D eigenvalue weighted by Gasteiger charge is -2.08. The van der Waals surface area contributed by atoms with Crippen molar-refractivity contribution < 1.29 is 27.9 Å². The lowest BCUT2D eigenvalue weighted by molar-refractivity contribution is -0.386. The Morgan fingerprint density at radius 1 is 1.41 bits per heavy atom. The van der Waals surface area contributed by atoms with Crippen molar-refractivity contribution in [2.24, 2.45) is 0 Å². The second kappa shape index (κ2) is 7.20. The summed E-state index contributed by atoms with van der Waals surface area (Å²) >= 11 is 0. The van der Waals surface area contributed by atoms with E-state index in [1.54, 1.807) is 11.1 Å². The van der Waals surface area contributed by atoms with Crippen molar-refractivity contribution in [1.29, 1.82) is 5.26 Å². The molecule has 1 aromatic heterocycles. The largest absolute Gasteiger partial charge is 0.500 e. The van der Waals surface area contributed by atoms with Gasteiger partial charge in [0.1, 0.15) is 5.69 Å². The number of nitriles is 1. The van der Waals surface area contributed by atoms with Crippen LogP contribution < -0.4 is 10.3 Å². The number of benzene rings is 1. The topological polar surface area (TPSA) is 129 Å². The van der Waals surface area contributed by atoms with Crippen molar-refractivity contribution >= 4 is 17.3 Å². The van der Waals surface area contributed by atoms with E-state index in [-0.39, 0.29) is 22.4 Å². The Bertz CT molecular complexity index is 1040. The summed E-state index contributed by atoms with van der Waals surface area (Å²) in [5.41, 5.74) is -3.83. The number of methoxy groups -OCH3 is 1. The molecular weight excluding hydrogens is 371 g/mol. The number of rotatable bonds is 4. The van der Waals surface area contributed by atoms with E-state index in [0.717, 1.165) is 31.4 Å². The monoisotopic (exact) mass is 381 g/mol. The van der Waals surface area contributed by atoms with Gasteiger partial charge in [-0.15, -0.1) is 0 Å². The molecule has 1 heterocycles. The fraction of sp³-hybridized carbons (Fsp3) is 0.125. The highest BCUT2D eigenvalue weighted by Gasteiger charge is 2.32. The van der Waals surface area contributed by atoms with Gasteiger partial charge in [0.05, 0.1) is 29.2 Å². The molecule has 0 aliphatic heterocycles. The third-order valence-corrected chi connectivity index (χ3v) is 3.43. The summed E-state index contributed by atoms with van der Waals surface area (Å²) in [6.45, 7) is 0. The number of hydrogen-bond donors (Lipinski definition) is 2. The maximum absolute atomic E-state index is 12.6. The van der Waals surface area contributed by atoms with Gasteiger partial charge in [0.2, 0.25) is 5.75 Å². The van der Waals surface area contributed by atoms with Crippen LogP contribution in [0.5, 0.6) is 11.5 Å². The molecule has 0 aliphatic carbocycles. The smallest absolute Gasteiger partial charge is 0.431 e. The minimum Gasteiger partial charge on any atom is -0.500 e. The molecule has 0 aliphatic rings. The van der Waals surface area contributed by atoms with Gasteiger partial charge < -0.3 is 14.8 Å². The van der Waals surface area contributed by atoms with Crippen LogP contribution in [0, 0.1) is 21.4 Å². The van der Waals surface area contributed by atoms with E-state index in [1.807, 2.05) is 0 Å². The van der Waals surface area contributed by atoms with Crippen LogP contribution in [0.1, 0.15) is 16.8 Å². The molecule has 0 saturated heterocycles. The number of H-pyrrole nitrogens is 1. The molecule has 140 valence electrons. The zero-order valence-electron chi connectivity index (χ0n) is 13.5. The Morgan fingerprint density at radius 2 is 2.07 bits per heavy atom. The zero-order chi connectivity index (χ0) is 20.4. The molecule has 0 spiro atoms. The molecule has 8 nitrogen and oxygen atoms in total. The van der Waals surface area contributed by atoms with Gasteiger partial charge in [-0.3, -0.25) is 14.9 Å². The first-order chi connectivity index (χ1) is 12.6. The number of aromatic hydroxyl groups is 1. The highest BCUT2D eigenvalue weighted by Crippen LogP contribution is 2.37. The van der Waals surface area contributed by atoms with Gasteiger partial charge in [0.25, 0.3) is 5.56 Å². The Balaban J connectivity index is 2.61. The Hall–Kier alpha value is -3.81. The van der Waals surface area contributed by atoms with E-state index in [9.17, 15) is 38.4 Å². The minimum atomic E-state index is -4.76. The van der Waals surface area contributed by atoms with Gasteiger partial charge in [-0.05, 0) is 29.8 Å². The predicted octanol–water partition coefficient (Wildman–Crippen LogP) is 3.08. The quantitative estimate of drug-likeness (QED) is 0.476. The van der Waals surface area contributed by atoms with Crippen molar-refractivity contribution in [2.45, 2.75) is 6.18 Å². The van der Waals surface area contributed by atoms with E-state index in [2.05, 4.69) is 0 Å². The van der Waals surface area contributed by atoms with Crippen molar-refractivity contribution in [3.63, 3.8) is 0 Å². The number of allylic oxidation sites excluding steroid dienone is 1. The van der Waals surface area contributed by atoms with Crippen LogP contribution in [-0.2, 0) is 6.18 Å². The van der Waals surface area contributed by atoms with Gasteiger partial charge in [-0.2, -0.15) is 18.4 Å². The van der Waals surface area contributed by atoms with E-state index < -0.39 is 33.8 Å². The average molecular weight is 381 g/mol. The highest BCUT2D eigenvalue weighted by molar-refractivity contribution is 5.90. The lowest BCUT2D eigenvalue weighted by Crippen LogP contribution is -2.18. The molecule has 27 heavy (non-hydrogen) atoms. The molecule has 11 heteroatoms. The SMILES string of the molecule is COc1cc(C=C(C#N)c2ccc(C(F)(F)F)[nH]c2=O)cc([N+](=O)[O-])c1O. The van der Waals surface area contributed by atoms with Gasteiger partial charge >= 0.3 is 11.9 Å². The standard InChI is InChI=1S/C16H10F3N3O5/c1-27-12-6-8(5-11(14(12)23)22(25)26)4-9(7-20)10-2-3-13(16(17,18)19)21-15(10)24/h2-6,23H,1H3,(H,21,24). The van der Waals surface area contributed by atoms with E-state index in [4.69, 9.17) is 4.74 Å². The summed E-state index contributed by atoms with van der Waals surface area (Å²) in [6, 6.07) is 5.16. The predicted molar refractivity (Wildman–Crippen MR) is 86.9 cm³/mol. The van der Waals surface area contributed by atoms with Gasteiger partial charge in [-0.1, -0.05) is 0 Å². The van der Waals surface area contributed by atoms with Crippen LogP contribution in [0.25, 0.3) is 11.6 Å². The first-order valence-corrected chi connectivity index (χ1v) is 7.06. The first kappa shape index (κ1) is 19.5. The van der Waals surface area contributed by atoms with Crippen LogP contribution in [0.15, 0.2) is 29.1 Å².